The third-order valence-electron chi connectivity index (χ3n) is 5.41. The molecule has 0 amide bonds. The number of benzene rings is 3. The van der Waals surface area contributed by atoms with E-state index in [0.717, 1.165) is 0 Å². The molecule has 4 rings (SSSR count). The zero-order valence-corrected chi connectivity index (χ0v) is 16.0. The van der Waals surface area contributed by atoms with Gasteiger partial charge in [0.25, 0.3) is 0 Å². The molecule has 16 heteroatoms. The Morgan fingerprint density at radius 3 is 0.722 bits per heavy atom. The third kappa shape index (κ3) is 2.74. The van der Waals surface area contributed by atoms with Gasteiger partial charge in [0.1, 0.15) is 0 Å². The highest BCUT2D eigenvalue weighted by Gasteiger charge is 2.63. The van der Waals surface area contributed by atoms with Crippen LogP contribution in [0.4, 0.5) is 70.2 Å². The first kappa shape index (κ1) is 25.6. The van der Waals surface area contributed by atoms with Gasteiger partial charge in [-0.05, 0) is 0 Å². The molecule has 0 aliphatic heterocycles. The fourth-order valence-electron chi connectivity index (χ4n) is 3.91. The third-order valence-corrected chi connectivity index (χ3v) is 5.41. The summed E-state index contributed by atoms with van der Waals surface area (Å²) in [6.45, 7) is 0. The second-order valence-electron chi connectivity index (χ2n) is 7.19. The number of halogens is 16. The summed E-state index contributed by atoms with van der Waals surface area (Å²) in [7, 11) is 0. The van der Waals surface area contributed by atoms with E-state index in [-0.39, 0.29) is 0 Å². The molecule has 0 N–H and O–H groups in total. The first-order valence-electron chi connectivity index (χ1n) is 8.77. The standard InChI is InChI=1S/C20F16/c21-6-1-3(8(23)14(29)12(6)27)20(35,36)4-2(7(22)13(28)15(30)9(4)24)19(1,34)5-10(25)16(31)18(33)17(32)11(5)26. The van der Waals surface area contributed by atoms with Crippen LogP contribution in [0.5, 0.6) is 0 Å². The highest BCUT2D eigenvalue weighted by atomic mass is 19.3. The van der Waals surface area contributed by atoms with Crippen LogP contribution >= 0.6 is 0 Å². The molecule has 0 atom stereocenters. The van der Waals surface area contributed by atoms with Gasteiger partial charge in [0.15, 0.2) is 75.5 Å². The van der Waals surface area contributed by atoms with Crippen molar-refractivity contribution in [1.82, 2.24) is 0 Å². The molecule has 0 saturated carbocycles. The molecule has 0 radical (unpaired) electrons. The van der Waals surface area contributed by atoms with Gasteiger partial charge in [0.05, 0.1) is 27.8 Å². The van der Waals surface area contributed by atoms with Crippen LogP contribution in [0.25, 0.3) is 0 Å². The topological polar surface area (TPSA) is 0 Å². The van der Waals surface area contributed by atoms with Crippen molar-refractivity contribution < 1.29 is 70.2 Å². The first-order valence-corrected chi connectivity index (χ1v) is 8.77. The van der Waals surface area contributed by atoms with Crippen molar-refractivity contribution in [2.24, 2.45) is 0 Å². The van der Waals surface area contributed by atoms with Gasteiger partial charge >= 0.3 is 5.92 Å². The Morgan fingerprint density at radius 2 is 0.444 bits per heavy atom. The highest BCUT2D eigenvalue weighted by molar-refractivity contribution is 5.63. The van der Waals surface area contributed by atoms with E-state index in [9.17, 15) is 57.1 Å². The van der Waals surface area contributed by atoms with E-state index in [4.69, 9.17) is 0 Å². The van der Waals surface area contributed by atoms with Gasteiger partial charge in [0, 0.05) is 0 Å². The van der Waals surface area contributed by atoms with Crippen LogP contribution in [0.15, 0.2) is 0 Å². The van der Waals surface area contributed by atoms with Crippen LogP contribution in [0, 0.1) is 75.6 Å². The van der Waals surface area contributed by atoms with Gasteiger partial charge in [0.2, 0.25) is 5.82 Å². The van der Waals surface area contributed by atoms with Gasteiger partial charge in [-0.3, -0.25) is 0 Å². The predicted octanol–water partition coefficient (Wildman–Crippen LogP) is 7.21. The fourth-order valence-corrected chi connectivity index (χ4v) is 3.91. The molecule has 1 aliphatic carbocycles. The summed E-state index contributed by atoms with van der Waals surface area (Å²) in [5.74, 6) is -48.1. The highest BCUT2D eigenvalue weighted by Crippen LogP contribution is 2.59. The van der Waals surface area contributed by atoms with Crippen LogP contribution < -0.4 is 0 Å². The van der Waals surface area contributed by atoms with Crippen LogP contribution in [0.3, 0.4) is 0 Å². The Kier molecular flexibility index (Phi) is 5.35. The molecular formula is C20F16. The molecule has 3 aromatic rings. The molecule has 0 fully saturated rings. The molecule has 0 saturated heterocycles. The molecule has 36 heavy (non-hydrogen) atoms. The fraction of sp³-hybridized carbons (Fsp3) is 0.100. The summed E-state index contributed by atoms with van der Waals surface area (Å²) in [5, 5.41) is 0. The minimum absolute atomic E-state index is 3.06. The summed E-state index contributed by atoms with van der Waals surface area (Å²) >= 11 is 0. The van der Waals surface area contributed by atoms with Crippen molar-refractivity contribution >= 4 is 0 Å². The van der Waals surface area contributed by atoms with Gasteiger partial charge < -0.3 is 0 Å². The zero-order valence-electron chi connectivity index (χ0n) is 16.0. The second-order valence-corrected chi connectivity index (χ2v) is 7.19. The van der Waals surface area contributed by atoms with Gasteiger partial charge in [-0.15, -0.1) is 0 Å². The summed E-state index contributed by atoms with van der Waals surface area (Å²) < 4.78 is 230. The summed E-state index contributed by atoms with van der Waals surface area (Å²) in [6.07, 6.45) is 0. The van der Waals surface area contributed by atoms with Crippen LogP contribution in [-0.4, -0.2) is 0 Å². The van der Waals surface area contributed by atoms with Crippen molar-refractivity contribution in [3.05, 3.63) is 103 Å². The lowest BCUT2D eigenvalue weighted by atomic mass is 9.69. The molecule has 1 aliphatic rings. The Bertz CT molecular complexity index is 1400. The van der Waals surface area contributed by atoms with Crippen molar-refractivity contribution in [1.29, 1.82) is 0 Å². The monoisotopic (exact) mass is 544 g/mol. The van der Waals surface area contributed by atoms with E-state index < -0.39 is 115 Å². The normalized spacial score (nSPS) is 15.7. The van der Waals surface area contributed by atoms with E-state index in [1.54, 1.807) is 0 Å². The first-order chi connectivity index (χ1) is 16.4. The maximum atomic E-state index is 16.5. The smallest absolute Gasteiger partial charge is 0.228 e. The summed E-state index contributed by atoms with van der Waals surface area (Å²) in [4.78, 5) is 0. The number of alkyl halides is 3. The van der Waals surface area contributed by atoms with Crippen molar-refractivity contribution in [2.45, 2.75) is 11.6 Å². The lowest BCUT2D eigenvalue weighted by Gasteiger charge is -2.39. The van der Waals surface area contributed by atoms with Gasteiger partial charge in [-0.25, -0.2) is 61.5 Å². The maximum absolute atomic E-state index is 16.5. The number of hydrogen-bond acceptors (Lipinski definition) is 0. The lowest BCUT2D eigenvalue weighted by molar-refractivity contribution is 0.0155. The molecule has 0 heterocycles. The van der Waals surface area contributed by atoms with Crippen LogP contribution in [0.2, 0.25) is 0 Å². The molecule has 0 nitrogen and oxygen atoms in total. The molecule has 3 aromatic carbocycles. The van der Waals surface area contributed by atoms with E-state index in [1.807, 2.05) is 0 Å². The van der Waals surface area contributed by atoms with Crippen molar-refractivity contribution in [3.63, 3.8) is 0 Å². The summed E-state index contributed by atoms with van der Waals surface area (Å²) in [6, 6.07) is 0. The van der Waals surface area contributed by atoms with Gasteiger partial charge in [-0.1, -0.05) is 0 Å². The lowest BCUT2D eigenvalue weighted by Crippen LogP contribution is -2.43. The second kappa shape index (κ2) is 7.52. The van der Waals surface area contributed by atoms with Crippen LogP contribution in [0.1, 0.15) is 27.8 Å². The largest absolute Gasteiger partial charge is 0.305 e. The SMILES string of the molecule is Fc1c(F)c(F)c(C2(F)c3c(F)c(F)c(F)c(F)c3C(F)(F)c3c(F)c(F)c(F)c(F)c32)c(F)c1F. The molecular weight excluding hydrogens is 544 g/mol. The van der Waals surface area contributed by atoms with E-state index >= 15 is 13.2 Å². The maximum Gasteiger partial charge on any atom is 0.305 e. The number of rotatable bonds is 1. The Hall–Kier alpha value is -3.46. The molecule has 0 aromatic heterocycles. The van der Waals surface area contributed by atoms with E-state index in [0.29, 0.717) is 0 Å². The minimum atomic E-state index is -5.86. The number of hydrogen-bond donors (Lipinski definition) is 0. The Labute approximate surface area is 186 Å². The quantitative estimate of drug-likeness (QED) is 0.173. The van der Waals surface area contributed by atoms with Gasteiger partial charge in [-0.2, -0.15) is 8.78 Å². The predicted molar refractivity (Wildman–Crippen MR) is 82.8 cm³/mol. The van der Waals surface area contributed by atoms with Crippen molar-refractivity contribution in [3.8, 4) is 0 Å². The van der Waals surface area contributed by atoms with E-state index in [2.05, 4.69) is 0 Å². The molecule has 0 spiro atoms. The summed E-state index contributed by atoms with van der Waals surface area (Å²) in [5.41, 5.74) is -21.5. The average molecular weight is 544 g/mol. The molecule has 192 valence electrons. The average Bonchev–Trinajstić information content (AvgIpc) is 2.81. The van der Waals surface area contributed by atoms with Crippen LogP contribution in [-0.2, 0) is 11.6 Å². The van der Waals surface area contributed by atoms with Crippen molar-refractivity contribution in [2.75, 3.05) is 0 Å². The molecule has 0 bridgehead atoms. The Morgan fingerprint density at radius 1 is 0.250 bits per heavy atom. The zero-order chi connectivity index (χ0) is 27.4. The minimum Gasteiger partial charge on any atom is -0.228 e. The molecule has 0 unspecified atom stereocenters. The number of fused-ring (bicyclic) bond motifs is 2. The van der Waals surface area contributed by atoms with E-state index in [1.165, 1.54) is 0 Å². The Balaban J connectivity index is 2.45.